The molecule has 12 nitrogen and oxygen atoms in total. The maximum atomic E-state index is 16.7. The number of alkyl halides is 2. The van der Waals surface area contributed by atoms with E-state index in [2.05, 4.69) is 10.1 Å². The van der Waals surface area contributed by atoms with Crippen molar-refractivity contribution in [2.45, 2.75) is 56.0 Å². The molecule has 0 bridgehead atoms. The Morgan fingerprint density at radius 2 is 1.82 bits per heavy atom. The molecule has 4 N–H and O–H groups in total. The summed E-state index contributed by atoms with van der Waals surface area (Å²) >= 11 is 0. The summed E-state index contributed by atoms with van der Waals surface area (Å²) in [5, 5.41) is 26.2. The predicted octanol–water partition coefficient (Wildman–Crippen LogP) is 0.750. The molecule has 0 spiro atoms. The van der Waals surface area contributed by atoms with Crippen LogP contribution in [0.2, 0.25) is 0 Å². The number of benzene rings is 1. The van der Waals surface area contributed by atoms with Crippen LogP contribution in [0.3, 0.4) is 0 Å². The average molecular weight is 561 g/mol. The minimum Gasteiger partial charge on any atom is -0.506 e. The highest BCUT2D eigenvalue weighted by Gasteiger charge is 2.77. The Hall–Kier alpha value is -4.07. The highest BCUT2D eigenvalue weighted by Crippen LogP contribution is 2.58. The van der Waals surface area contributed by atoms with Gasteiger partial charge in [0.2, 0.25) is 11.5 Å². The minimum atomic E-state index is -3.69. The van der Waals surface area contributed by atoms with Gasteiger partial charge in [-0.05, 0) is 11.6 Å². The fraction of sp³-hybridized carbons (Fsp3) is 0.500. The van der Waals surface area contributed by atoms with Gasteiger partial charge in [-0.25, -0.2) is 8.78 Å². The molecule has 0 aliphatic heterocycles. The number of carbonyl (C=O) groups excluding carboxylic acids is 5. The lowest BCUT2D eigenvalue weighted by molar-refractivity contribution is -0.201. The first kappa shape index (κ1) is 27.5. The van der Waals surface area contributed by atoms with E-state index >= 15 is 8.78 Å². The molecule has 2 unspecified atom stereocenters. The molecule has 40 heavy (non-hydrogen) atoms. The van der Waals surface area contributed by atoms with Crippen molar-refractivity contribution in [2.24, 2.45) is 17.6 Å². The number of hydrogen-bond donors (Lipinski definition) is 3. The van der Waals surface area contributed by atoms with E-state index in [1.165, 1.54) is 11.0 Å². The quantitative estimate of drug-likeness (QED) is 0.447. The van der Waals surface area contributed by atoms with E-state index in [1.54, 1.807) is 27.9 Å². The SMILES string of the molecule is CC(C)c1noc(-c2cc(N(C)C)c3c(c2O)C(=O)C2C(=O)[C@]4(O)C(=O)C(C(N)=O)C(=O)C[C@]4(F)C[C@]2(F)C3)n1. The Labute approximate surface area is 225 Å². The Bertz CT molecular complexity index is 1540. The zero-order valence-electron chi connectivity index (χ0n) is 21.9. The molecule has 14 heteroatoms. The summed E-state index contributed by atoms with van der Waals surface area (Å²) in [7, 11) is 3.13. The Kier molecular flexibility index (Phi) is 5.82. The van der Waals surface area contributed by atoms with Crippen molar-refractivity contribution >= 4 is 34.7 Å². The number of amides is 1. The Balaban J connectivity index is 1.71. The van der Waals surface area contributed by atoms with E-state index < -0.39 is 88.4 Å². The molecule has 1 aromatic heterocycles. The number of rotatable bonds is 4. The van der Waals surface area contributed by atoms with Crippen LogP contribution >= 0.6 is 0 Å². The fourth-order valence-corrected chi connectivity index (χ4v) is 6.15. The summed E-state index contributed by atoms with van der Waals surface area (Å²) in [4.78, 5) is 70.5. The van der Waals surface area contributed by atoms with E-state index in [1.807, 2.05) is 0 Å². The van der Waals surface area contributed by atoms with E-state index in [-0.39, 0.29) is 28.6 Å². The topological polar surface area (TPSA) is 194 Å². The maximum absolute atomic E-state index is 16.7. The molecular formula is C26H26F2N4O8. The van der Waals surface area contributed by atoms with Crippen molar-refractivity contribution in [3.8, 4) is 17.2 Å². The number of anilines is 1. The van der Waals surface area contributed by atoms with Crippen molar-refractivity contribution in [1.82, 2.24) is 10.1 Å². The number of Topliss-reactive ketones (excluding diaryl/α,β-unsaturated/α-hetero) is 4. The number of aromatic hydroxyl groups is 1. The summed E-state index contributed by atoms with van der Waals surface area (Å²) in [5.41, 5.74) is -5.48. The third-order valence-corrected chi connectivity index (χ3v) is 8.07. The summed E-state index contributed by atoms with van der Waals surface area (Å²) in [6.07, 6.45) is -3.50. The molecule has 2 aromatic rings. The highest BCUT2D eigenvalue weighted by molar-refractivity contribution is 6.32. The number of nitrogens with zero attached hydrogens (tertiary/aromatic N) is 3. The van der Waals surface area contributed by atoms with Gasteiger partial charge in [-0.3, -0.25) is 24.0 Å². The van der Waals surface area contributed by atoms with Gasteiger partial charge < -0.3 is 25.4 Å². The molecule has 3 aliphatic rings. The lowest BCUT2D eigenvalue weighted by atomic mass is 9.51. The first-order chi connectivity index (χ1) is 18.5. The number of aliphatic hydroxyl groups is 1. The number of phenols is 1. The summed E-state index contributed by atoms with van der Waals surface area (Å²) in [6, 6.07) is 1.38. The van der Waals surface area contributed by atoms with Gasteiger partial charge in [0.1, 0.15) is 17.3 Å². The fourth-order valence-electron chi connectivity index (χ4n) is 6.15. The van der Waals surface area contributed by atoms with E-state index in [0.717, 1.165) is 0 Å². The van der Waals surface area contributed by atoms with E-state index in [9.17, 15) is 34.2 Å². The van der Waals surface area contributed by atoms with Gasteiger partial charge in [-0.15, -0.1) is 0 Å². The van der Waals surface area contributed by atoms with Gasteiger partial charge in [-0.2, -0.15) is 4.98 Å². The molecule has 2 saturated carbocycles. The second-order valence-electron chi connectivity index (χ2n) is 11.2. The number of halogens is 2. The van der Waals surface area contributed by atoms with E-state index in [4.69, 9.17) is 10.3 Å². The summed E-state index contributed by atoms with van der Waals surface area (Å²) in [6.45, 7) is 3.59. The van der Waals surface area contributed by atoms with Crippen molar-refractivity contribution in [2.75, 3.05) is 19.0 Å². The van der Waals surface area contributed by atoms with Crippen LogP contribution in [-0.4, -0.2) is 80.4 Å². The van der Waals surface area contributed by atoms with Crippen LogP contribution in [0.4, 0.5) is 14.5 Å². The maximum Gasteiger partial charge on any atom is 0.261 e. The number of carbonyl (C=O) groups is 5. The molecular weight excluding hydrogens is 534 g/mol. The molecule has 212 valence electrons. The van der Waals surface area contributed by atoms with Gasteiger partial charge in [0.25, 0.3) is 5.89 Å². The Morgan fingerprint density at radius 1 is 1.18 bits per heavy atom. The first-order valence-electron chi connectivity index (χ1n) is 12.4. The number of primary amides is 1. The average Bonchev–Trinajstić information content (AvgIpc) is 3.31. The van der Waals surface area contributed by atoms with Crippen LogP contribution < -0.4 is 10.6 Å². The third kappa shape index (κ3) is 3.41. The lowest BCUT2D eigenvalue weighted by Gasteiger charge is -2.54. The second-order valence-corrected chi connectivity index (χ2v) is 11.2. The van der Waals surface area contributed by atoms with Crippen LogP contribution in [-0.2, 0) is 25.6 Å². The van der Waals surface area contributed by atoms with Crippen LogP contribution in [0.15, 0.2) is 10.6 Å². The smallest absolute Gasteiger partial charge is 0.261 e. The molecule has 1 heterocycles. The van der Waals surface area contributed by atoms with Crippen molar-refractivity contribution in [3.63, 3.8) is 0 Å². The minimum absolute atomic E-state index is 0.0658. The third-order valence-electron chi connectivity index (χ3n) is 8.07. The van der Waals surface area contributed by atoms with Crippen LogP contribution in [0.5, 0.6) is 5.75 Å². The van der Waals surface area contributed by atoms with Crippen LogP contribution in [0.1, 0.15) is 54.4 Å². The van der Waals surface area contributed by atoms with Crippen molar-refractivity contribution < 1.29 is 47.5 Å². The highest BCUT2D eigenvalue weighted by atomic mass is 19.2. The van der Waals surface area contributed by atoms with Gasteiger partial charge in [0.05, 0.1) is 11.1 Å². The van der Waals surface area contributed by atoms with E-state index in [0.29, 0.717) is 5.82 Å². The number of ketones is 4. The molecule has 0 radical (unpaired) electrons. The molecule has 5 atom stereocenters. The largest absolute Gasteiger partial charge is 0.506 e. The number of hydrogen-bond acceptors (Lipinski definition) is 11. The van der Waals surface area contributed by atoms with Gasteiger partial charge >= 0.3 is 0 Å². The second kappa shape index (κ2) is 8.46. The Morgan fingerprint density at radius 3 is 2.38 bits per heavy atom. The normalized spacial score (nSPS) is 31.6. The molecule has 1 aromatic carbocycles. The van der Waals surface area contributed by atoms with Crippen molar-refractivity contribution in [3.05, 3.63) is 23.0 Å². The number of nitrogens with two attached hydrogens (primary N) is 1. The molecule has 2 fully saturated rings. The molecule has 3 aliphatic carbocycles. The van der Waals surface area contributed by atoms with Gasteiger partial charge in [0, 0.05) is 45.0 Å². The standard InChI is InChI=1S/C26H26F2N4O8/c1-9(2)22-30-23(40-31-22)10-5-12(32(3)4)11-6-24(27)8-25(28)7-13(33)15(21(29)38)19(36)26(25,39)20(37)16(24)18(35)14(11)17(10)34/h5,9,15-16,34,39H,6-8H2,1-4H3,(H2,29,38)/t15?,16?,24-,25+,26-/m1/s1. The first-order valence-corrected chi connectivity index (χ1v) is 12.4. The van der Waals surface area contributed by atoms with Crippen LogP contribution in [0, 0.1) is 11.8 Å². The zero-order valence-corrected chi connectivity index (χ0v) is 21.9. The summed E-state index contributed by atoms with van der Waals surface area (Å²) in [5.74, 6) is -13.4. The number of fused-ring (bicyclic) bond motifs is 3. The number of phenolic OH excluding ortho intramolecular Hbond substituents is 1. The van der Waals surface area contributed by atoms with Gasteiger partial charge in [-0.1, -0.05) is 19.0 Å². The molecule has 1 amide bonds. The monoisotopic (exact) mass is 560 g/mol. The summed E-state index contributed by atoms with van der Waals surface area (Å²) < 4.78 is 38.3. The lowest BCUT2D eigenvalue weighted by Crippen LogP contribution is -2.77. The van der Waals surface area contributed by atoms with Crippen molar-refractivity contribution in [1.29, 1.82) is 0 Å². The van der Waals surface area contributed by atoms with Crippen LogP contribution in [0.25, 0.3) is 11.5 Å². The molecule has 0 saturated heterocycles. The molecule has 5 rings (SSSR count). The predicted molar refractivity (Wildman–Crippen MR) is 131 cm³/mol. The van der Waals surface area contributed by atoms with Gasteiger partial charge in [0.15, 0.2) is 40.5 Å². The number of aromatic nitrogens is 2. The zero-order chi connectivity index (χ0) is 29.7.